The topological polar surface area (TPSA) is 99.3 Å². The van der Waals surface area contributed by atoms with Crippen molar-refractivity contribution in [1.82, 2.24) is 5.32 Å². The molecule has 36 heavy (non-hydrogen) atoms. The van der Waals surface area contributed by atoms with Gasteiger partial charge in [0.25, 0.3) is 0 Å². The lowest BCUT2D eigenvalue weighted by Crippen LogP contribution is -2.33. The van der Waals surface area contributed by atoms with Gasteiger partial charge in [-0.05, 0) is 94.2 Å². The van der Waals surface area contributed by atoms with Crippen molar-refractivity contribution in [2.45, 2.75) is 104 Å². The summed E-state index contributed by atoms with van der Waals surface area (Å²) in [6, 6.07) is 13.0. The third kappa shape index (κ3) is 7.88. The van der Waals surface area contributed by atoms with E-state index in [1.807, 2.05) is 34.6 Å². The zero-order valence-corrected chi connectivity index (χ0v) is 23.6. The second kappa shape index (κ2) is 15.1. The van der Waals surface area contributed by atoms with Crippen LogP contribution >= 0.6 is 0 Å². The molecule has 1 unspecified atom stereocenters. The summed E-state index contributed by atoms with van der Waals surface area (Å²) in [5.41, 5.74) is 22.8. The fourth-order valence-corrected chi connectivity index (χ4v) is 5.78. The Kier molecular flexibility index (Phi) is 12.6. The average Bonchev–Trinajstić information content (AvgIpc) is 2.94. The molecule has 0 heterocycles. The first-order chi connectivity index (χ1) is 17.4. The number of ether oxygens (including phenoxy) is 1. The maximum atomic E-state index is 6.31. The van der Waals surface area contributed by atoms with Crippen LogP contribution in [0.15, 0.2) is 36.4 Å². The van der Waals surface area contributed by atoms with Gasteiger partial charge in [0.1, 0.15) is 5.75 Å². The molecule has 2 aliphatic carbocycles. The molecule has 7 N–H and O–H groups in total. The van der Waals surface area contributed by atoms with Crippen LogP contribution in [-0.4, -0.2) is 13.1 Å². The van der Waals surface area contributed by atoms with Crippen molar-refractivity contribution in [1.29, 1.82) is 0 Å². The molecule has 0 saturated heterocycles. The fourth-order valence-electron chi connectivity index (χ4n) is 5.78. The number of benzene rings is 2. The zero-order chi connectivity index (χ0) is 26.7. The van der Waals surface area contributed by atoms with Crippen molar-refractivity contribution in [3.63, 3.8) is 0 Å². The van der Waals surface area contributed by atoms with Crippen molar-refractivity contribution < 1.29 is 4.74 Å². The van der Waals surface area contributed by atoms with Crippen LogP contribution in [0, 0.1) is 18.8 Å². The molecule has 0 amide bonds. The summed E-state index contributed by atoms with van der Waals surface area (Å²) in [7, 11) is 2.11. The monoisotopic (exact) mass is 496 g/mol. The third-order valence-corrected chi connectivity index (χ3v) is 8.08. The van der Waals surface area contributed by atoms with Gasteiger partial charge in [0.05, 0.1) is 0 Å². The lowest BCUT2D eigenvalue weighted by atomic mass is 9.69. The Morgan fingerprint density at radius 2 is 1.25 bits per heavy atom. The molecule has 0 aromatic heterocycles. The van der Waals surface area contributed by atoms with Crippen molar-refractivity contribution in [2.24, 2.45) is 17.6 Å². The minimum atomic E-state index is -0.547. The molecule has 4 rings (SSSR count). The minimum absolute atomic E-state index is 0.547. The Morgan fingerprint density at radius 1 is 0.778 bits per heavy atom. The Bertz CT molecular complexity index is 859. The fraction of sp³-hybridized carbons (Fsp3) is 0.613. The summed E-state index contributed by atoms with van der Waals surface area (Å²) in [5, 5.41) is 3.46. The normalized spacial score (nSPS) is 24.4. The molecule has 202 valence electrons. The van der Waals surface area contributed by atoms with Crippen LogP contribution in [0.4, 0.5) is 11.4 Å². The number of rotatable bonds is 6. The molecule has 2 fully saturated rings. The van der Waals surface area contributed by atoms with Gasteiger partial charge in [-0.25, -0.2) is 0 Å². The van der Waals surface area contributed by atoms with Gasteiger partial charge >= 0.3 is 0 Å². The van der Waals surface area contributed by atoms with Crippen LogP contribution < -0.4 is 27.3 Å². The van der Waals surface area contributed by atoms with E-state index in [-0.39, 0.29) is 0 Å². The van der Waals surface area contributed by atoms with Crippen molar-refractivity contribution in [2.75, 3.05) is 18.5 Å². The molecule has 5 heteroatoms. The largest absolute Gasteiger partial charge is 0.471 e. The average molecular weight is 497 g/mol. The molecule has 0 aliphatic heterocycles. The van der Waals surface area contributed by atoms with Crippen LogP contribution in [0.25, 0.3) is 0 Å². The third-order valence-electron chi connectivity index (χ3n) is 8.08. The van der Waals surface area contributed by atoms with Crippen LogP contribution in [-0.2, 0) is 0 Å². The van der Waals surface area contributed by atoms with Crippen molar-refractivity contribution >= 4 is 11.4 Å². The maximum absolute atomic E-state index is 6.31. The Labute approximate surface area is 220 Å². The highest BCUT2D eigenvalue weighted by atomic mass is 16.5. The number of anilines is 2. The second-order valence-corrected chi connectivity index (χ2v) is 9.94. The molecule has 2 aromatic rings. The van der Waals surface area contributed by atoms with Crippen LogP contribution in [0.2, 0.25) is 0 Å². The Morgan fingerprint density at radius 3 is 1.72 bits per heavy atom. The summed E-state index contributed by atoms with van der Waals surface area (Å²) in [6.07, 6.45) is 10.3. The summed E-state index contributed by atoms with van der Waals surface area (Å²) < 4.78 is 5.91. The van der Waals surface area contributed by atoms with Crippen LogP contribution in [0.1, 0.15) is 108 Å². The summed E-state index contributed by atoms with van der Waals surface area (Å²) >= 11 is 0. The molecule has 1 atom stereocenters. The second-order valence-electron chi connectivity index (χ2n) is 9.94. The van der Waals surface area contributed by atoms with Gasteiger partial charge in [-0.1, -0.05) is 52.0 Å². The van der Waals surface area contributed by atoms with E-state index in [2.05, 4.69) is 36.6 Å². The SMILES string of the molecule is CC.CC.CNC1CCC(C2CCC(c3ccc(C(N)Oc4cc(N)c(C)c(N)c4)cc3)CC2)CC1. The van der Waals surface area contributed by atoms with E-state index in [1.165, 1.54) is 56.9 Å². The first-order valence-corrected chi connectivity index (χ1v) is 14.3. The highest BCUT2D eigenvalue weighted by molar-refractivity contribution is 5.64. The lowest BCUT2D eigenvalue weighted by molar-refractivity contribution is 0.171. The lowest BCUT2D eigenvalue weighted by Gasteiger charge is -2.38. The molecule has 2 aromatic carbocycles. The Balaban J connectivity index is 0.00000109. The number of nitrogens with two attached hydrogens (primary N) is 3. The van der Waals surface area contributed by atoms with Crippen molar-refractivity contribution in [3.8, 4) is 5.75 Å². The summed E-state index contributed by atoms with van der Waals surface area (Å²) in [4.78, 5) is 0. The predicted molar refractivity (Wildman–Crippen MR) is 156 cm³/mol. The van der Waals surface area contributed by atoms with E-state index < -0.39 is 6.23 Å². The van der Waals surface area contributed by atoms with E-state index in [9.17, 15) is 0 Å². The standard InChI is InChI=1S/C27H40N4O.2C2H6/c1-17-25(28)15-24(16-26(17)29)32-27(30)22-9-7-20(8-10-22)18-3-5-19(6-4-18)21-11-13-23(31-2)14-12-21;2*1-2/h7-10,15-16,18-19,21,23,27,31H,3-6,11-14,28-30H2,1-2H3;2*1-2H3. The highest BCUT2D eigenvalue weighted by Gasteiger charge is 2.31. The zero-order valence-electron chi connectivity index (χ0n) is 23.6. The first-order valence-electron chi connectivity index (χ1n) is 14.3. The summed E-state index contributed by atoms with van der Waals surface area (Å²) in [6.45, 7) is 9.90. The number of hydrogen-bond donors (Lipinski definition) is 4. The molecule has 0 spiro atoms. The molecule has 0 radical (unpaired) electrons. The van der Waals surface area contributed by atoms with E-state index in [0.717, 1.165) is 29.0 Å². The van der Waals surface area contributed by atoms with E-state index in [0.29, 0.717) is 23.0 Å². The Hall–Kier alpha value is -2.24. The first kappa shape index (κ1) is 30.0. The van der Waals surface area contributed by atoms with E-state index in [1.54, 1.807) is 12.1 Å². The smallest absolute Gasteiger partial charge is 0.174 e. The quantitative estimate of drug-likeness (QED) is 0.248. The molecular formula is C31H52N4O. The van der Waals surface area contributed by atoms with Gasteiger partial charge in [-0.15, -0.1) is 0 Å². The van der Waals surface area contributed by atoms with Crippen LogP contribution in [0.5, 0.6) is 5.75 Å². The number of nitrogens with one attached hydrogen (secondary N) is 1. The van der Waals surface area contributed by atoms with Gasteiger partial charge in [0.15, 0.2) is 6.23 Å². The van der Waals surface area contributed by atoms with Gasteiger partial charge < -0.3 is 21.5 Å². The molecule has 2 saturated carbocycles. The highest BCUT2D eigenvalue weighted by Crippen LogP contribution is 2.43. The number of hydrogen-bond acceptors (Lipinski definition) is 5. The summed E-state index contributed by atoms with van der Waals surface area (Å²) in [5.74, 6) is 3.15. The van der Waals surface area contributed by atoms with E-state index in [4.69, 9.17) is 21.9 Å². The van der Waals surface area contributed by atoms with Gasteiger partial charge in [0.2, 0.25) is 0 Å². The van der Waals surface area contributed by atoms with Crippen molar-refractivity contribution in [3.05, 3.63) is 53.1 Å². The predicted octanol–water partition coefficient (Wildman–Crippen LogP) is 7.30. The molecular weight excluding hydrogens is 444 g/mol. The molecule has 0 bridgehead atoms. The van der Waals surface area contributed by atoms with Gasteiger partial charge in [0, 0.05) is 35.1 Å². The van der Waals surface area contributed by atoms with Gasteiger partial charge in [-0.3, -0.25) is 5.73 Å². The number of nitrogen functional groups attached to an aromatic ring is 2. The minimum Gasteiger partial charge on any atom is -0.471 e. The molecule has 5 nitrogen and oxygen atoms in total. The van der Waals surface area contributed by atoms with Crippen LogP contribution in [0.3, 0.4) is 0 Å². The maximum Gasteiger partial charge on any atom is 0.174 e. The van der Waals surface area contributed by atoms with Gasteiger partial charge in [-0.2, -0.15) is 0 Å². The molecule has 2 aliphatic rings. The van der Waals surface area contributed by atoms with E-state index >= 15 is 0 Å².